The molecule has 1 N–H and O–H groups in total. The third-order valence-corrected chi connectivity index (χ3v) is 1.93. The van der Waals surface area contributed by atoms with Crippen molar-refractivity contribution in [2.75, 3.05) is 0 Å². The van der Waals surface area contributed by atoms with Gasteiger partial charge in [0.25, 0.3) is 0 Å². The molecule has 0 atom stereocenters. The molecule has 0 bridgehead atoms. The van der Waals surface area contributed by atoms with Crippen LogP contribution in [-0.4, -0.2) is 10.9 Å². The minimum atomic E-state index is -1.30. The number of aromatic hydroxyl groups is 1. The lowest BCUT2D eigenvalue weighted by Gasteiger charge is -2.04. The number of phenolic OH excluding ortho intramolecular Hbond substituents is 1. The van der Waals surface area contributed by atoms with Crippen LogP contribution in [0.4, 0.5) is 8.78 Å². The molecule has 14 heavy (non-hydrogen) atoms. The Balaban J connectivity index is 3.00. The highest BCUT2D eigenvalue weighted by Crippen LogP contribution is 2.24. The number of ketones is 1. The number of hydrogen-bond donors (Lipinski definition) is 1. The first-order chi connectivity index (χ1) is 6.56. The van der Waals surface area contributed by atoms with Crippen LogP contribution in [0.15, 0.2) is 12.1 Å². The molecular weight excluding hydrogens is 190 g/mol. The Morgan fingerprint density at radius 1 is 1.43 bits per heavy atom. The highest BCUT2D eigenvalue weighted by atomic mass is 19.2. The van der Waals surface area contributed by atoms with E-state index >= 15 is 0 Å². The lowest BCUT2D eigenvalue weighted by molar-refractivity contribution is -0.118. The minimum absolute atomic E-state index is 0.0699. The van der Waals surface area contributed by atoms with Crippen molar-refractivity contribution in [2.24, 2.45) is 0 Å². The average molecular weight is 200 g/mol. The van der Waals surface area contributed by atoms with Crippen LogP contribution in [0.2, 0.25) is 0 Å². The maximum Gasteiger partial charge on any atom is 0.200 e. The fourth-order valence-electron chi connectivity index (χ4n) is 1.06. The van der Waals surface area contributed by atoms with Gasteiger partial charge in [0.2, 0.25) is 5.82 Å². The van der Waals surface area contributed by atoms with Crippen molar-refractivity contribution >= 4 is 5.78 Å². The molecule has 0 saturated carbocycles. The van der Waals surface area contributed by atoms with Crippen molar-refractivity contribution in [2.45, 2.75) is 19.8 Å². The summed E-state index contributed by atoms with van der Waals surface area (Å²) in [5, 5.41) is 9.16. The van der Waals surface area contributed by atoms with Crippen LogP contribution in [0, 0.1) is 11.6 Å². The Kier molecular flexibility index (Phi) is 3.17. The first-order valence-corrected chi connectivity index (χ1v) is 4.23. The van der Waals surface area contributed by atoms with E-state index in [2.05, 4.69) is 0 Å². The summed E-state index contributed by atoms with van der Waals surface area (Å²) in [6, 6.07) is 2.11. The fourth-order valence-corrected chi connectivity index (χ4v) is 1.06. The van der Waals surface area contributed by atoms with Gasteiger partial charge in [-0.3, -0.25) is 4.79 Å². The number of Topliss-reactive ketones (excluding diaryl/α,β-unsaturated/α-hetero) is 1. The van der Waals surface area contributed by atoms with E-state index in [0.717, 1.165) is 6.07 Å². The predicted octanol–water partition coefficient (Wildman–Crippen LogP) is 2.19. The number of carbonyl (C=O) groups excluding carboxylic acids is 1. The molecule has 0 aromatic heterocycles. The summed E-state index contributed by atoms with van der Waals surface area (Å²) >= 11 is 0. The minimum Gasteiger partial charge on any atom is -0.505 e. The molecule has 0 heterocycles. The molecule has 1 aromatic rings. The molecule has 0 spiro atoms. The summed E-state index contributed by atoms with van der Waals surface area (Å²) in [7, 11) is 0. The van der Waals surface area contributed by atoms with E-state index in [9.17, 15) is 13.6 Å². The van der Waals surface area contributed by atoms with Gasteiger partial charge < -0.3 is 5.11 Å². The zero-order valence-electron chi connectivity index (χ0n) is 7.68. The van der Waals surface area contributed by atoms with E-state index in [1.165, 1.54) is 6.07 Å². The van der Waals surface area contributed by atoms with Crippen LogP contribution in [0.25, 0.3) is 0 Å². The topological polar surface area (TPSA) is 37.3 Å². The highest BCUT2D eigenvalue weighted by Gasteiger charge is 2.13. The Bertz CT molecular complexity index is 361. The van der Waals surface area contributed by atoms with Crippen LogP contribution in [0.1, 0.15) is 18.9 Å². The van der Waals surface area contributed by atoms with Gasteiger partial charge in [-0.05, 0) is 6.07 Å². The van der Waals surface area contributed by atoms with Crippen LogP contribution in [0.3, 0.4) is 0 Å². The summed E-state index contributed by atoms with van der Waals surface area (Å²) in [6.45, 7) is 1.67. The van der Waals surface area contributed by atoms with Gasteiger partial charge in [0.05, 0.1) is 0 Å². The lowest BCUT2D eigenvalue weighted by atomic mass is 10.1. The van der Waals surface area contributed by atoms with Gasteiger partial charge >= 0.3 is 0 Å². The lowest BCUT2D eigenvalue weighted by Crippen LogP contribution is -2.02. The number of halogens is 2. The highest BCUT2D eigenvalue weighted by molar-refractivity contribution is 5.81. The molecule has 76 valence electrons. The summed E-state index contributed by atoms with van der Waals surface area (Å²) in [5.74, 6) is -3.32. The molecule has 0 aliphatic carbocycles. The molecule has 0 fully saturated rings. The largest absolute Gasteiger partial charge is 0.505 e. The normalized spacial score (nSPS) is 10.2. The van der Waals surface area contributed by atoms with Crippen molar-refractivity contribution in [3.8, 4) is 5.75 Å². The van der Waals surface area contributed by atoms with Gasteiger partial charge in [0.1, 0.15) is 5.78 Å². The van der Waals surface area contributed by atoms with Crippen LogP contribution in [0.5, 0.6) is 5.75 Å². The smallest absolute Gasteiger partial charge is 0.200 e. The zero-order chi connectivity index (χ0) is 10.7. The summed E-state index contributed by atoms with van der Waals surface area (Å²) in [5.41, 5.74) is 0.121. The van der Waals surface area contributed by atoms with Gasteiger partial charge in [-0.1, -0.05) is 13.0 Å². The van der Waals surface area contributed by atoms with Crippen LogP contribution >= 0.6 is 0 Å². The van der Waals surface area contributed by atoms with Crippen molar-refractivity contribution < 1.29 is 18.7 Å². The van der Waals surface area contributed by atoms with E-state index in [1.807, 2.05) is 0 Å². The number of benzene rings is 1. The van der Waals surface area contributed by atoms with Crippen molar-refractivity contribution in [3.05, 3.63) is 29.3 Å². The zero-order valence-corrected chi connectivity index (χ0v) is 7.68. The Labute approximate surface area is 80.2 Å². The van der Waals surface area contributed by atoms with Crippen molar-refractivity contribution in [3.63, 3.8) is 0 Å². The van der Waals surface area contributed by atoms with Gasteiger partial charge in [0.15, 0.2) is 11.6 Å². The standard InChI is InChI=1S/C10H10F2O2/c1-2-7(13)5-6-3-4-8(11)9(12)10(6)14/h3-4,14H,2,5H2,1H3. The Morgan fingerprint density at radius 2 is 2.07 bits per heavy atom. The quantitative estimate of drug-likeness (QED) is 0.812. The predicted molar refractivity (Wildman–Crippen MR) is 47.0 cm³/mol. The van der Waals surface area contributed by atoms with E-state index < -0.39 is 17.4 Å². The second-order valence-electron chi connectivity index (χ2n) is 2.94. The summed E-state index contributed by atoms with van der Waals surface area (Å²) in [4.78, 5) is 11.0. The molecule has 1 rings (SSSR count). The fraction of sp³-hybridized carbons (Fsp3) is 0.300. The van der Waals surface area contributed by atoms with E-state index in [0.29, 0.717) is 6.42 Å². The number of hydrogen-bond acceptors (Lipinski definition) is 2. The molecule has 0 radical (unpaired) electrons. The van der Waals surface area contributed by atoms with Gasteiger partial charge in [-0.15, -0.1) is 0 Å². The Morgan fingerprint density at radius 3 is 2.64 bits per heavy atom. The van der Waals surface area contributed by atoms with Crippen LogP contribution < -0.4 is 0 Å². The molecule has 0 amide bonds. The second-order valence-corrected chi connectivity index (χ2v) is 2.94. The molecule has 2 nitrogen and oxygen atoms in total. The molecule has 0 aliphatic rings. The summed E-state index contributed by atoms with van der Waals surface area (Å²) in [6.07, 6.45) is 0.234. The third kappa shape index (κ3) is 2.07. The Hall–Kier alpha value is -1.45. The third-order valence-electron chi connectivity index (χ3n) is 1.93. The van der Waals surface area contributed by atoms with Crippen LogP contribution in [-0.2, 0) is 11.2 Å². The maximum atomic E-state index is 12.8. The van der Waals surface area contributed by atoms with Gasteiger partial charge in [-0.25, -0.2) is 4.39 Å². The first kappa shape index (κ1) is 10.6. The number of carbonyl (C=O) groups is 1. The number of phenols is 1. The van der Waals surface area contributed by atoms with E-state index in [4.69, 9.17) is 5.11 Å². The molecule has 0 aliphatic heterocycles. The van der Waals surface area contributed by atoms with E-state index in [-0.39, 0.29) is 17.8 Å². The first-order valence-electron chi connectivity index (χ1n) is 4.23. The molecule has 4 heteroatoms. The molecule has 0 unspecified atom stereocenters. The van der Waals surface area contributed by atoms with Gasteiger partial charge in [0, 0.05) is 18.4 Å². The SMILES string of the molecule is CCC(=O)Cc1ccc(F)c(F)c1O. The second kappa shape index (κ2) is 4.17. The summed E-state index contributed by atoms with van der Waals surface area (Å²) < 4.78 is 25.4. The molecular formula is C10H10F2O2. The molecule has 0 saturated heterocycles. The monoisotopic (exact) mass is 200 g/mol. The van der Waals surface area contributed by atoms with Crippen molar-refractivity contribution in [1.82, 2.24) is 0 Å². The van der Waals surface area contributed by atoms with Crippen molar-refractivity contribution in [1.29, 1.82) is 0 Å². The van der Waals surface area contributed by atoms with E-state index in [1.54, 1.807) is 6.92 Å². The molecule has 1 aromatic carbocycles. The van der Waals surface area contributed by atoms with Gasteiger partial charge in [-0.2, -0.15) is 4.39 Å². The number of rotatable bonds is 3. The average Bonchev–Trinajstić information content (AvgIpc) is 2.19. The maximum absolute atomic E-state index is 12.8.